The van der Waals surface area contributed by atoms with E-state index in [0.717, 1.165) is 56.2 Å². The Morgan fingerprint density at radius 2 is 2.17 bits per heavy atom. The summed E-state index contributed by atoms with van der Waals surface area (Å²) in [6.07, 6.45) is 8.78. The number of nitrogens with one attached hydrogen (secondary N) is 1. The van der Waals surface area contributed by atoms with Gasteiger partial charge in [0.25, 0.3) is 0 Å². The maximum Gasteiger partial charge on any atom is 0.345 e. The summed E-state index contributed by atoms with van der Waals surface area (Å²) < 4.78 is 6.13. The van der Waals surface area contributed by atoms with Crippen LogP contribution in [0, 0.1) is 5.41 Å². The number of carboxylic acids is 1. The van der Waals surface area contributed by atoms with Crippen molar-refractivity contribution in [3.63, 3.8) is 0 Å². The van der Waals surface area contributed by atoms with Crippen LogP contribution < -0.4 is 5.32 Å². The summed E-state index contributed by atoms with van der Waals surface area (Å²) >= 11 is 1.25. The number of carboxylic acid groups (broad SMARTS) is 1. The Morgan fingerprint density at radius 3 is 2.72 bits per heavy atom. The SMILES string of the molecule is CCCC1(C(O)CCC[C@@H](OCC2CCC(=O)N2)c2ccc(C(=O)O)s2)CCC1. The van der Waals surface area contributed by atoms with Crippen molar-refractivity contribution < 1.29 is 24.5 Å². The van der Waals surface area contributed by atoms with E-state index in [-0.39, 0.29) is 29.6 Å². The Hall–Kier alpha value is -1.44. The molecular weight excluding hydrogens is 390 g/mol. The second-order valence-electron chi connectivity index (χ2n) is 8.54. The summed E-state index contributed by atoms with van der Waals surface area (Å²) in [4.78, 5) is 23.9. The average Bonchev–Trinajstić information content (AvgIpc) is 3.30. The summed E-state index contributed by atoms with van der Waals surface area (Å²) in [7, 11) is 0. The van der Waals surface area contributed by atoms with E-state index >= 15 is 0 Å². The average molecular weight is 424 g/mol. The van der Waals surface area contributed by atoms with Crippen LogP contribution >= 0.6 is 11.3 Å². The molecule has 1 saturated carbocycles. The van der Waals surface area contributed by atoms with Gasteiger partial charge < -0.3 is 20.3 Å². The molecule has 3 N–H and O–H groups in total. The fraction of sp³-hybridized carbons (Fsp3) is 0.727. The van der Waals surface area contributed by atoms with E-state index in [2.05, 4.69) is 12.2 Å². The van der Waals surface area contributed by atoms with E-state index in [9.17, 15) is 19.8 Å². The van der Waals surface area contributed by atoms with Gasteiger partial charge in [0.05, 0.1) is 24.9 Å². The number of ether oxygens (including phenoxy) is 1. The molecule has 29 heavy (non-hydrogen) atoms. The van der Waals surface area contributed by atoms with Gasteiger partial charge in [0.1, 0.15) is 4.88 Å². The van der Waals surface area contributed by atoms with E-state index < -0.39 is 5.97 Å². The molecule has 0 bridgehead atoms. The second kappa shape index (κ2) is 10.0. The van der Waals surface area contributed by atoms with Gasteiger partial charge in [0.15, 0.2) is 0 Å². The van der Waals surface area contributed by atoms with Gasteiger partial charge >= 0.3 is 5.97 Å². The monoisotopic (exact) mass is 423 g/mol. The molecule has 1 aromatic rings. The maximum absolute atomic E-state index is 11.4. The fourth-order valence-electron chi connectivity index (χ4n) is 4.66. The molecule has 1 amide bonds. The van der Waals surface area contributed by atoms with Crippen LogP contribution in [0.3, 0.4) is 0 Å². The highest BCUT2D eigenvalue weighted by Crippen LogP contribution is 2.49. The van der Waals surface area contributed by atoms with Crippen molar-refractivity contribution in [2.24, 2.45) is 5.41 Å². The number of rotatable bonds is 12. The van der Waals surface area contributed by atoms with Gasteiger partial charge in [-0.3, -0.25) is 4.79 Å². The molecule has 1 saturated heterocycles. The number of aliphatic hydroxyl groups is 1. The van der Waals surface area contributed by atoms with Crippen LogP contribution in [0.2, 0.25) is 0 Å². The largest absolute Gasteiger partial charge is 0.477 e. The molecule has 7 heteroatoms. The molecule has 2 unspecified atom stereocenters. The van der Waals surface area contributed by atoms with Crippen LogP contribution in [0.5, 0.6) is 0 Å². The lowest BCUT2D eigenvalue weighted by Crippen LogP contribution is -2.41. The van der Waals surface area contributed by atoms with E-state index in [1.165, 1.54) is 17.8 Å². The maximum atomic E-state index is 11.4. The van der Waals surface area contributed by atoms with E-state index in [1.54, 1.807) is 6.07 Å². The molecule has 0 aromatic carbocycles. The number of aromatic carboxylic acids is 1. The predicted octanol–water partition coefficient (Wildman–Crippen LogP) is 4.28. The summed E-state index contributed by atoms with van der Waals surface area (Å²) in [5.41, 5.74) is 0.110. The van der Waals surface area contributed by atoms with E-state index in [0.29, 0.717) is 17.9 Å². The predicted molar refractivity (Wildman–Crippen MR) is 112 cm³/mol. The highest BCUT2D eigenvalue weighted by atomic mass is 32.1. The normalized spacial score (nSPS) is 22.7. The van der Waals surface area contributed by atoms with Crippen LogP contribution in [0.25, 0.3) is 0 Å². The topological polar surface area (TPSA) is 95.9 Å². The van der Waals surface area contributed by atoms with Crippen molar-refractivity contribution in [1.82, 2.24) is 5.32 Å². The lowest BCUT2D eigenvalue weighted by molar-refractivity contribution is -0.119. The van der Waals surface area contributed by atoms with Crippen LogP contribution in [0.4, 0.5) is 0 Å². The highest BCUT2D eigenvalue weighted by Gasteiger charge is 2.42. The van der Waals surface area contributed by atoms with Crippen LogP contribution in [0.1, 0.15) is 91.8 Å². The number of amides is 1. The molecule has 2 heterocycles. The minimum atomic E-state index is -0.926. The van der Waals surface area contributed by atoms with Crippen LogP contribution in [-0.4, -0.2) is 40.8 Å². The minimum Gasteiger partial charge on any atom is -0.477 e. The smallest absolute Gasteiger partial charge is 0.345 e. The number of hydrogen-bond acceptors (Lipinski definition) is 5. The molecule has 6 nitrogen and oxygen atoms in total. The second-order valence-corrected chi connectivity index (χ2v) is 9.66. The van der Waals surface area contributed by atoms with Crippen molar-refractivity contribution in [2.75, 3.05) is 6.61 Å². The van der Waals surface area contributed by atoms with Crippen molar-refractivity contribution in [3.05, 3.63) is 21.9 Å². The van der Waals surface area contributed by atoms with Gasteiger partial charge in [-0.1, -0.05) is 19.8 Å². The standard InChI is InChI=1S/C22H33NO5S/c1-2-11-22(12-4-13-22)19(24)6-3-5-16(17-8-9-18(29-17)21(26)27)28-14-15-7-10-20(25)23-15/h8-9,15-16,19,24H,2-7,10-14H2,1H3,(H,23,25)(H,26,27)/t15?,16-,19?/m1/s1. The molecule has 2 aliphatic rings. The molecule has 0 spiro atoms. The summed E-state index contributed by atoms with van der Waals surface area (Å²) in [5.74, 6) is -0.866. The Balaban J connectivity index is 1.56. The first-order chi connectivity index (χ1) is 13.9. The summed E-state index contributed by atoms with van der Waals surface area (Å²) in [6.45, 7) is 2.61. The van der Waals surface area contributed by atoms with Gasteiger partial charge in [0.2, 0.25) is 5.91 Å². The van der Waals surface area contributed by atoms with Gasteiger partial charge in [-0.05, 0) is 62.5 Å². The Kier molecular flexibility index (Phi) is 7.71. The Bertz CT molecular complexity index is 699. The van der Waals surface area contributed by atoms with Gasteiger partial charge in [0, 0.05) is 11.3 Å². The van der Waals surface area contributed by atoms with Crippen molar-refractivity contribution in [3.8, 4) is 0 Å². The van der Waals surface area contributed by atoms with Crippen molar-refractivity contribution in [1.29, 1.82) is 0 Å². The summed E-state index contributed by atoms with van der Waals surface area (Å²) in [6, 6.07) is 3.47. The number of carbonyl (C=O) groups is 2. The van der Waals surface area contributed by atoms with E-state index in [4.69, 9.17) is 4.74 Å². The molecule has 1 aromatic heterocycles. The molecule has 0 radical (unpaired) electrons. The first-order valence-corrected chi connectivity index (χ1v) is 11.7. The first-order valence-electron chi connectivity index (χ1n) is 10.9. The van der Waals surface area contributed by atoms with Gasteiger partial charge in [-0.15, -0.1) is 11.3 Å². The molecule has 162 valence electrons. The lowest BCUT2D eigenvalue weighted by atomic mass is 9.62. The molecular formula is C22H33NO5S. The third-order valence-corrected chi connectivity index (χ3v) is 7.65. The van der Waals surface area contributed by atoms with Gasteiger partial charge in [-0.25, -0.2) is 4.79 Å². The van der Waals surface area contributed by atoms with Gasteiger partial charge in [-0.2, -0.15) is 0 Å². The lowest BCUT2D eigenvalue weighted by Gasteiger charge is -2.46. The van der Waals surface area contributed by atoms with Crippen molar-refractivity contribution >= 4 is 23.2 Å². The zero-order valence-electron chi connectivity index (χ0n) is 17.2. The zero-order valence-corrected chi connectivity index (χ0v) is 18.0. The van der Waals surface area contributed by atoms with Crippen molar-refractivity contribution in [2.45, 2.75) is 89.4 Å². The Morgan fingerprint density at radius 1 is 1.38 bits per heavy atom. The highest BCUT2D eigenvalue weighted by molar-refractivity contribution is 7.14. The number of carbonyl (C=O) groups excluding carboxylic acids is 1. The number of aliphatic hydroxyl groups excluding tert-OH is 1. The fourth-order valence-corrected chi connectivity index (χ4v) is 5.60. The molecule has 1 aliphatic carbocycles. The molecule has 3 rings (SSSR count). The van der Waals surface area contributed by atoms with Crippen LogP contribution in [0.15, 0.2) is 12.1 Å². The molecule has 1 aliphatic heterocycles. The quantitative estimate of drug-likeness (QED) is 0.466. The minimum absolute atomic E-state index is 0.0253. The zero-order chi connectivity index (χ0) is 20.9. The number of hydrogen-bond donors (Lipinski definition) is 3. The first kappa shape index (κ1) is 22.2. The number of thiophene rings is 1. The Labute approximate surface area is 176 Å². The molecule has 3 atom stereocenters. The third kappa shape index (κ3) is 5.58. The molecule has 2 fully saturated rings. The third-order valence-electron chi connectivity index (χ3n) is 6.49. The summed E-state index contributed by atoms with van der Waals surface area (Å²) in [5, 5.41) is 22.9. The van der Waals surface area contributed by atoms with Crippen LogP contribution in [-0.2, 0) is 9.53 Å². The van der Waals surface area contributed by atoms with E-state index in [1.807, 2.05) is 6.07 Å².